The number of carbonyl (C=O) groups excluding carboxylic acids is 1. The van der Waals surface area contributed by atoms with Gasteiger partial charge in [-0.1, -0.05) is 22.9 Å². The van der Waals surface area contributed by atoms with Gasteiger partial charge in [0.2, 0.25) is 5.91 Å². The third-order valence-electron chi connectivity index (χ3n) is 2.14. The number of benzene rings is 1. The molecule has 1 atom stereocenters. The molecular weight excluding hydrogens is 416 g/mol. The van der Waals surface area contributed by atoms with Crippen molar-refractivity contribution in [2.45, 2.75) is 13.3 Å². The van der Waals surface area contributed by atoms with E-state index >= 15 is 0 Å². The summed E-state index contributed by atoms with van der Waals surface area (Å²) in [6.45, 7) is 1.80. The van der Waals surface area contributed by atoms with Gasteiger partial charge in [0.1, 0.15) is 5.92 Å². The minimum atomic E-state index is -0.627. The molecule has 0 aliphatic carbocycles. The van der Waals surface area contributed by atoms with E-state index in [0.29, 0.717) is 12.1 Å². The molecular formula is C11H9Br3N2O. The molecule has 0 spiro atoms. The summed E-state index contributed by atoms with van der Waals surface area (Å²) in [5.74, 6) is -0.920. The number of anilines is 1. The van der Waals surface area contributed by atoms with Gasteiger partial charge in [-0.15, -0.1) is 0 Å². The van der Waals surface area contributed by atoms with Gasteiger partial charge in [0.05, 0.1) is 11.8 Å². The topological polar surface area (TPSA) is 52.9 Å². The Morgan fingerprint density at radius 3 is 2.35 bits per heavy atom. The van der Waals surface area contributed by atoms with Crippen LogP contribution in [0.4, 0.5) is 5.69 Å². The third-order valence-corrected chi connectivity index (χ3v) is 3.84. The maximum atomic E-state index is 11.8. The van der Waals surface area contributed by atoms with Crippen LogP contribution in [-0.4, -0.2) is 5.91 Å². The summed E-state index contributed by atoms with van der Waals surface area (Å²) in [5, 5.41) is 11.5. The minimum absolute atomic E-state index is 0.293. The van der Waals surface area contributed by atoms with Crippen LogP contribution in [0.15, 0.2) is 25.6 Å². The highest BCUT2D eigenvalue weighted by Gasteiger charge is 2.18. The van der Waals surface area contributed by atoms with Crippen molar-refractivity contribution in [1.82, 2.24) is 0 Å². The first-order valence-corrected chi connectivity index (χ1v) is 7.22. The zero-order valence-electron chi connectivity index (χ0n) is 8.93. The fourth-order valence-electron chi connectivity index (χ4n) is 1.21. The molecule has 6 heteroatoms. The quantitative estimate of drug-likeness (QED) is 0.778. The molecule has 0 saturated carbocycles. The minimum Gasteiger partial charge on any atom is -0.323 e. The largest absolute Gasteiger partial charge is 0.323 e. The Hall–Kier alpha value is -0.380. The van der Waals surface area contributed by atoms with E-state index in [9.17, 15) is 4.79 Å². The zero-order valence-corrected chi connectivity index (χ0v) is 13.7. The van der Waals surface area contributed by atoms with Crippen LogP contribution in [0.5, 0.6) is 0 Å². The van der Waals surface area contributed by atoms with Crippen molar-refractivity contribution in [3.8, 4) is 6.07 Å². The Bertz CT molecular complexity index is 459. The summed E-state index contributed by atoms with van der Waals surface area (Å²) in [6.07, 6.45) is 0.494. The van der Waals surface area contributed by atoms with Crippen molar-refractivity contribution in [2.75, 3.05) is 5.32 Å². The summed E-state index contributed by atoms with van der Waals surface area (Å²) in [5.41, 5.74) is 0.631. The average Bonchev–Trinajstić information content (AvgIpc) is 2.25. The lowest BCUT2D eigenvalue weighted by atomic mass is 10.1. The van der Waals surface area contributed by atoms with Crippen molar-refractivity contribution >= 4 is 59.4 Å². The summed E-state index contributed by atoms with van der Waals surface area (Å²) in [6, 6.07) is 5.62. The van der Waals surface area contributed by atoms with E-state index in [4.69, 9.17) is 5.26 Å². The maximum Gasteiger partial charge on any atom is 0.241 e. The number of nitriles is 1. The van der Waals surface area contributed by atoms with Gasteiger partial charge in [-0.3, -0.25) is 4.79 Å². The SMILES string of the molecule is CCC(C#N)C(=O)Nc1c(Br)cc(Br)cc1Br. The Morgan fingerprint density at radius 1 is 1.41 bits per heavy atom. The summed E-state index contributed by atoms with van der Waals surface area (Å²) < 4.78 is 2.39. The number of nitrogens with one attached hydrogen (secondary N) is 1. The van der Waals surface area contributed by atoms with E-state index in [0.717, 1.165) is 13.4 Å². The number of carbonyl (C=O) groups is 1. The molecule has 0 aliphatic heterocycles. The highest BCUT2D eigenvalue weighted by atomic mass is 79.9. The van der Waals surface area contributed by atoms with Crippen LogP contribution in [0.3, 0.4) is 0 Å². The molecule has 3 nitrogen and oxygen atoms in total. The van der Waals surface area contributed by atoms with Crippen molar-refractivity contribution in [3.05, 3.63) is 25.6 Å². The molecule has 1 N–H and O–H groups in total. The first-order valence-electron chi connectivity index (χ1n) is 4.84. The van der Waals surface area contributed by atoms with E-state index in [2.05, 4.69) is 53.1 Å². The Morgan fingerprint density at radius 2 is 1.94 bits per heavy atom. The zero-order chi connectivity index (χ0) is 13.0. The van der Waals surface area contributed by atoms with Crippen LogP contribution in [0, 0.1) is 17.2 Å². The lowest BCUT2D eigenvalue weighted by molar-refractivity contribution is -0.118. The molecule has 0 bridgehead atoms. The van der Waals surface area contributed by atoms with Crippen LogP contribution in [-0.2, 0) is 4.79 Å². The van der Waals surface area contributed by atoms with E-state index in [1.165, 1.54) is 0 Å². The molecule has 0 fully saturated rings. The van der Waals surface area contributed by atoms with Crippen LogP contribution < -0.4 is 5.32 Å². The first kappa shape index (κ1) is 14.7. The number of nitrogens with zero attached hydrogens (tertiary/aromatic N) is 1. The number of hydrogen-bond acceptors (Lipinski definition) is 2. The predicted molar refractivity (Wildman–Crippen MR) is 77.6 cm³/mol. The number of halogens is 3. The van der Waals surface area contributed by atoms with E-state index in [1.807, 2.05) is 18.2 Å². The first-order chi connectivity index (χ1) is 7.99. The molecule has 1 unspecified atom stereocenters. The van der Waals surface area contributed by atoms with Gasteiger partial charge in [0.15, 0.2) is 0 Å². The van der Waals surface area contributed by atoms with Crippen molar-refractivity contribution < 1.29 is 4.79 Å². The second-order valence-electron chi connectivity index (χ2n) is 3.32. The molecule has 0 heterocycles. The van der Waals surface area contributed by atoms with Gasteiger partial charge < -0.3 is 5.32 Å². The van der Waals surface area contributed by atoms with E-state index < -0.39 is 5.92 Å². The van der Waals surface area contributed by atoms with Crippen molar-refractivity contribution in [2.24, 2.45) is 5.92 Å². The van der Waals surface area contributed by atoms with Crippen LogP contribution in [0.2, 0.25) is 0 Å². The van der Waals surface area contributed by atoms with Gasteiger partial charge in [0, 0.05) is 13.4 Å². The number of rotatable bonds is 3. The Labute approximate surface area is 125 Å². The number of hydrogen-bond donors (Lipinski definition) is 1. The smallest absolute Gasteiger partial charge is 0.241 e. The molecule has 0 aromatic heterocycles. The molecule has 0 saturated heterocycles. The molecule has 0 aliphatic rings. The lowest BCUT2D eigenvalue weighted by Gasteiger charge is -2.12. The standard InChI is InChI=1S/C11H9Br3N2O/c1-2-6(5-15)11(17)16-10-8(13)3-7(12)4-9(10)14/h3-4,6H,2H2,1H3,(H,16,17). The second-order valence-corrected chi connectivity index (χ2v) is 5.95. The average molecular weight is 425 g/mol. The molecule has 17 heavy (non-hydrogen) atoms. The fourth-order valence-corrected chi connectivity index (χ4v) is 3.66. The van der Waals surface area contributed by atoms with Crippen molar-refractivity contribution in [1.29, 1.82) is 5.26 Å². The molecule has 90 valence electrons. The molecule has 1 rings (SSSR count). The Balaban J connectivity index is 2.97. The highest BCUT2D eigenvalue weighted by molar-refractivity contribution is 9.11. The normalized spacial score (nSPS) is 11.7. The summed E-state index contributed by atoms with van der Waals surface area (Å²) in [4.78, 5) is 11.8. The maximum absolute atomic E-state index is 11.8. The van der Waals surface area contributed by atoms with Crippen molar-refractivity contribution in [3.63, 3.8) is 0 Å². The van der Waals surface area contributed by atoms with Crippen LogP contribution in [0.1, 0.15) is 13.3 Å². The van der Waals surface area contributed by atoms with Gasteiger partial charge >= 0.3 is 0 Å². The number of amides is 1. The van der Waals surface area contributed by atoms with E-state index in [1.54, 1.807) is 6.92 Å². The Kier molecular flexibility index (Phi) is 5.63. The summed E-state index contributed by atoms with van der Waals surface area (Å²) >= 11 is 10.1. The van der Waals surface area contributed by atoms with Gasteiger partial charge in [-0.2, -0.15) is 5.26 Å². The molecule has 1 amide bonds. The van der Waals surface area contributed by atoms with Crippen LogP contribution in [0.25, 0.3) is 0 Å². The van der Waals surface area contributed by atoms with Gasteiger partial charge in [-0.05, 0) is 50.4 Å². The van der Waals surface area contributed by atoms with Crippen LogP contribution >= 0.6 is 47.8 Å². The monoisotopic (exact) mass is 422 g/mol. The second kappa shape index (κ2) is 6.53. The fraction of sp³-hybridized carbons (Fsp3) is 0.273. The van der Waals surface area contributed by atoms with Gasteiger partial charge in [-0.25, -0.2) is 0 Å². The molecule has 1 aromatic carbocycles. The molecule has 1 aromatic rings. The van der Waals surface area contributed by atoms with E-state index in [-0.39, 0.29) is 5.91 Å². The van der Waals surface area contributed by atoms with Gasteiger partial charge in [0.25, 0.3) is 0 Å². The molecule has 0 radical (unpaired) electrons. The highest BCUT2D eigenvalue weighted by Crippen LogP contribution is 2.34. The predicted octanol–water partition coefficient (Wildman–Crippen LogP) is 4.46. The summed E-state index contributed by atoms with van der Waals surface area (Å²) in [7, 11) is 0. The third kappa shape index (κ3) is 3.80. The lowest BCUT2D eigenvalue weighted by Crippen LogP contribution is -2.21.